The number of hydrogen-bond acceptors (Lipinski definition) is 4. The third-order valence-electron chi connectivity index (χ3n) is 2.75. The normalized spacial score (nSPS) is 12.3. The summed E-state index contributed by atoms with van der Waals surface area (Å²) in [6.45, 7) is 4.34. The van der Waals surface area contributed by atoms with Crippen LogP contribution in [0.15, 0.2) is 29.2 Å². The minimum atomic E-state index is 0.379. The highest BCUT2D eigenvalue weighted by molar-refractivity contribution is 7.07. The van der Waals surface area contributed by atoms with Gasteiger partial charge in [0.05, 0.1) is 0 Å². The van der Waals surface area contributed by atoms with E-state index in [0.29, 0.717) is 6.04 Å². The molecule has 0 saturated carbocycles. The molecule has 4 heteroatoms. The zero-order chi connectivity index (χ0) is 12.8. The standard InChI is InChI=1S/C14H19N3S/c1-3-4-13-8-14(16-10-15-13)17-11(2)7-12-5-6-18-9-12/h5-6,8-11H,3-4,7H2,1-2H3,(H,15,16,17). The van der Waals surface area contributed by atoms with E-state index >= 15 is 0 Å². The fraction of sp³-hybridized carbons (Fsp3) is 0.429. The van der Waals surface area contributed by atoms with Gasteiger partial charge in [0.25, 0.3) is 0 Å². The monoisotopic (exact) mass is 261 g/mol. The third kappa shape index (κ3) is 3.81. The predicted octanol–water partition coefficient (Wildman–Crippen LogP) is 3.53. The van der Waals surface area contributed by atoms with Gasteiger partial charge in [-0.05, 0) is 42.2 Å². The van der Waals surface area contributed by atoms with Gasteiger partial charge < -0.3 is 5.32 Å². The maximum atomic E-state index is 4.27. The number of nitrogens with zero attached hydrogens (tertiary/aromatic N) is 2. The van der Waals surface area contributed by atoms with E-state index < -0.39 is 0 Å². The van der Waals surface area contributed by atoms with Crippen LogP contribution >= 0.6 is 11.3 Å². The maximum absolute atomic E-state index is 4.27. The summed E-state index contributed by atoms with van der Waals surface area (Å²) < 4.78 is 0. The van der Waals surface area contributed by atoms with E-state index in [9.17, 15) is 0 Å². The van der Waals surface area contributed by atoms with Crippen molar-refractivity contribution in [2.75, 3.05) is 5.32 Å². The largest absolute Gasteiger partial charge is 0.367 e. The highest BCUT2D eigenvalue weighted by atomic mass is 32.1. The van der Waals surface area contributed by atoms with Crippen molar-refractivity contribution in [2.24, 2.45) is 0 Å². The van der Waals surface area contributed by atoms with Gasteiger partial charge in [-0.2, -0.15) is 11.3 Å². The lowest BCUT2D eigenvalue weighted by molar-refractivity contribution is 0.782. The Hall–Kier alpha value is -1.42. The van der Waals surface area contributed by atoms with Crippen LogP contribution in [0.2, 0.25) is 0 Å². The Morgan fingerprint density at radius 1 is 1.39 bits per heavy atom. The number of aromatic nitrogens is 2. The molecule has 96 valence electrons. The van der Waals surface area contributed by atoms with Crippen LogP contribution in [0.3, 0.4) is 0 Å². The van der Waals surface area contributed by atoms with E-state index in [2.05, 4.69) is 46.0 Å². The average molecular weight is 261 g/mol. The van der Waals surface area contributed by atoms with Crippen LogP contribution in [0.25, 0.3) is 0 Å². The highest BCUT2D eigenvalue weighted by Crippen LogP contribution is 2.12. The summed E-state index contributed by atoms with van der Waals surface area (Å²) >= 11 is 1.74. The molecule has 0 aromatic carbocycles. The number of thiophene rings is 1. The number of hydrogen-bond donors (Lipinski definition) is 1. The van der Waals surface area contributed by atoms with Gasteiger partial charge in [-0.3, -0.25) is 0 Å². The number of nitrogens with one attached hydrogen (secondary N) is 1. The molecule has 2 aromatic heterocycles. The van der Waals surface area contributed by atoms with Crippen LogP contribution in [-0.4, -0.2) is 16.0 Å². The Kier molecular flexibility index (Phi) is 4.70. The van der Waals surface area contributed by atoms with Crippen molar-refractivity contribution in [3.05, 3.63) is 40.5 Å². The predicted molar refractivity (Wildman–Crippen MR) is 77.1 cm³/mol. The molecular formula is C14H19N3S. The lowest BCUT2D eigenvalue weighted by atomic mass is 10.1. The lowest BCUT2D eigenvalue weighted by Gasteiger charge is -2.14. The summed E-state index contributed by atoms with van der Waals surface area (Å²) in [5, 5.41) is 7.74. The van der Waals surface area contributed by atoms with Crippen molar-refractivity contribution in [1.82, 2.24) is 9.97 Å². The molecular weight excluding hydrogens is 242 g/mol. The van der Waals surface area contributed by atoms with E-state index in [1.165, 1.54) is 5.56 Å². The highest BCUT2D eigenvalue weighted by Gasteiger charge is 2.05. The summed E-state index contributed by atoms with van der Waals surface area (Å²) in [7, 11) is 0. The summed E-state index contributed by atoms with van der Waals surface area (Å²) in [6, 6.07) is 4.60. The first-order chi connectivity index (χ1) is 8.78. The molecule has 2 aromatic rings. The summed E-state index contributed by atoms with van der Waals surface area (Å²) in [4.78, 5) is 8.53. The summed E-state index contributed by atoms with van der Waals surface area (Å²) in [5.74, 6) is 0.927. The average Bonchev–Trinajstić information content (AvgIpc) is 2.82. The maximum Gasteiger partial charge on any atom is 0.129 e. The Morgan fingerprint density at radius 3 is 3.00 bits per heavy atom. The topological polar surface area (TPSA) is 37.8 Å². The van der Waals surface area contributed by atoms with Gasteiger partial charge in [0.2, 0.25) is 0 Å². The Balaban J connectivity index is 1.93. The molecule has 0 aliphatic heterocycles. The number of anilines is 1. The van der Waals surface area contributed by atoms with Crippen LogP contribution in [0, 0.1) is 0 Å². The fourth-order valence-electron chi connectivity index (χ4n) is 1.94. The molecule has 3 nitrogen and oxygen atoms in total. The first kappa shape index (κ1) is 13.0. The van der Waals surface area contributed by atoms with Crippen molar-refractivity contribution in [2.45, 2.75) is 39.2 Å². The minimum Gasteiger partial charge on any atom is -0.367 e. The van der Waals surface area contributed by atoms with Gasteiger partial charge in [-0.1, -0.05) is 13.3 Å². The van der Waals surface area contributed by atoms with Gasteiger partial charge in [0.15, 0.2) is 0 Å². The second-order valence-corrected chi connectivity index (χ2v) is 5.31. The van der Waals surface area contributed by atoms with Crippen molar-refractivity contribution < 1.29 is 0 Å². The van der Waals surface area contributed by atoms with Crippen molar-refractivity contribution in [1.29, 1.82) is 0 Å². The molecule has 0 amide bonds. The van der Waals surface area contributed by atoms with Gasteiger partial charge in [-0.15, -0.1) is 0 Å². The molecule has 18 heavy (non-hydrogen) atoms. The second kappa shape index (κ2) is 6.50. The van der Waals surface area contributed by atoms with E-state index in [1.807, 2.05) is 6.07 Å². The molecule has 0 aliphatic carbocycles. The van der Waals surface area contributed by atoms with Gasteiger partial charge in [0.1, 0.15) is 12.1 Å². The Labute approximate surface area is 112 Å². The number of rotatable bonds is 6. The zero-order valence-corrected chi connectivity index (χ0v) is 11.7. The van der Waals surface area contributed by atoms with E-state index in [-0.39, 0.29) is 0 Å². The second-order valence-electron chi connectivity index (χ2n) is 4.53. The molecule has 0 fully saturated rings. The van der Waals surface area contributed by atoms with Crippen LogP contribution in [0.4, 0.5) is 5.82 Å². The SMILES string of the molecule is CCCc1cc(NC(C)Cc2ccsc2)ncn1. The number of aryl methyl sites for hydroxylation is 1. The summed E-state index contributed by atoms with van der Waals surface area (Å²) in [5.41, 5.74) is 2.49. The van der Waals surface area contributed by atoms with Crippen LogP contribution < -0.4 is 5.32 Å². The van der Waals surface area contributed by atoms with Crippen LogP contribution in [0.1, 0.15) is 31.5 Å². The van der Waals surface area contributed by atoms with Crippen LogP contribution in [-0.2, 0) is 12.8 Å². The van der Waals surface area contributed by atoms with Gasteiger partial charge in [-0.25, -0.2) is 9.97 Å². The van der Waals surface area contributed by atoms with Crippen molar-refractivity contribution in [3.8, 4) is 0 Å². The molecule has 2 heterocycles. The zero-order valence-electron chi connectivity index (χ0n) is 10.9. The van der Waals surface area contributed by atoms with Gasteiger partial charge in [0, 0.05) is 17.8 Å². The molecule has 1 N–H and O–H groups in total. The quantitative estimate of drug-likeness (QED) is 0.864. The van der Waals surface area contributed by atoms with Crippen molar-refractivity contribution >= 4 is 17.2 Å². The fourth-order valence-corrected chi connectivity index (χ4v) is 2.62. The lowest BCUT2D eigenvalue weighted by Crippen LogP contribution is -2.18. The molecule has 0 radical (unpaired) electrons. The molecule has 2 rings (SSSR count). The molecule has 0 bridgehead atoms. The minimum absolute atomic E-state index is 0.379. The van der Waals surface area contributed by atoms with Crippen molar-refractivity contribution in [3.63, 3.8) is 0 Å². The molecule has 1 unspecified atom stereocenters. The van der Waals surface area contributed by atoms with E-state index in [0.717, 1.165) is 30.8 Å². The van der Waals surface area contributed by atoms with Gasteiger partial charge >= 0.3 is 0 Å². The Morgan fingerprint density at radius 2 is 2.28 bits per heavy atom. The molecule has 0 spiro atoms. The molecule has 1 atom stereocenters. The van der Waals surface area contributed by atoms with E-state index in [4.69, 9.17) is 0 Å². The smallest absolute Gasteiger partial charge is 0.129 e. The van der Waals surface area contributed by atoms with Crippen LogP contribution in [0.5, 0.6) is 0 Å². The first-order valence-electron chi connectivity index (χ1n) is 6.36. The summed E-state index contributed by atoms with van der Waals surface area (Å²) in [6.07, 6.45) is 4.79. The Bertz CT molecular complexity index is 468. The third-order valence-corrected chi connectivity index (χ3v) is 3.48. The van der Waals surface area contributed by atoms with E-state index in [1.54, 1.807) is 17.7 Å². The molecule has 0 saturated heterocycles. The first-order valence-corrected chi connectivity index (χ1v) is 7.30. The molecule has 0 aliphatic rings.